The Kier molecular flexibility index (Phi) is 7.53. The first kappa shape index (κ1) is 22.3. The number of nitrogens with zero attached hydrogens (tertiary/aromatic N) is 1. The van der Waals surface area contributed by atoms with E-state index in [4.69, 9.17) is 4.74 Å². The number of sulfone groups is 1. The highest BCUT2D eigenvalue weighted by Crippen LogP contribution is 2.26. The zero-order valence-electron chi connectivity index (χ0n) is 17.8. The highest BCUT2D eigenvalue weighted by molar-refractivity contribution is 7.92. The standard InChI is InChI=1S/C24H31NO4S/c1-19(16-21-12-6-9-15-23(21)29-2)25(17-20-10-4-3-5-11-20)24(26)18-30(27,28)22-13-7-8-14-22/h3-6,9-12,15,19,22H,7-8,13-14,16-18H2,1-2H3. The van der Waals surface area contributed by atoms with Crippen molar-refractivity contribution in [3.63, 3.8) is 0 Å². The lowest BCUT2D eigenvalue weighted by molar-refractivity contribution is -0.131. The van der Waals surface area contributed by atoms with E-state index in [1.807, 2.05) is 61.5 Å². The number of benzene rings is 2. The molecular weight excluding hydrogens is 398 g/mol. The molecule has 1 amide bonds. The molecule has 0 spiro atoms. The molecule has 162 valence electrons. The van der Waals surface area contributed by atoms with Gasteiger partial charge in [0.1, 0.15) is 11.5 Å². The van der Waals surface area contributed by atoms with Gasteiger partial charge < -0.3 is 9.64 Å². The van der Waals surface area contributed by atoms with Crippen LogP contribution in [0.25, 0.3) is 0 Å². The number of carbonyl (C=O) groups excluding carboxylic acids is 1. The molecule has 1 aliphatic carbocycles. The summed E-state index contributed by atoms with van der Waals surface area (Å²) in [5.74, 6) is 0.0315. The molecule has 1 saturated carbocycles. The summed E-state index contributed by atoms with van der Waals surface area (Å²) in [6.45, 7) is 2.35. The summed E-state index contributed by atoms with van der Waals surface area (Å²) >= 11 is 0. The Bertz CT molecular complexity index is 937. The Labute approximate surface area is 180 Å². The van der Waals surface area contributed by atoms with Crippen molar-refractivity contribution in [1.82, 2.24) is 4.90 Å². The molecule has 30 heavy (non-hydrogen) atoms. The normalized spacial score (nSPS) is 15.7. The highest BCUT2D eigenvalue weighted by Gasteiger charge is 2.33. The Balaban J connectivity index is 1.81. The summed E-state index contributed by atoms with van der Waals surface area (Å²) in [5.41, 5.74) is 1.98. The van der Waals surface area contributed by atoms with Crippen LogP contribution in [0.5, 0.6) is 5.75 Å². The monoisotopic (exact) mass is 429 g/mol. The largest absolute Gasteiger partial charge is 0.496 e. The van der Waals surface area contributed by atoms with Crippen molar-refractivity contribution >= 4 is 15.7 Å². The number of methoxy groups -OCH3 is 1. The SMILES string of the molecule is COc1ccccc1CC(C)N(Cc1ccccc1)C(=O)CS(=O)(=O)C1CCCC1. The molecule has 2 aromatic carbocycles. The Morgan fingerprint density at radius 1 is 1.07 bits per heavy atom. The first-order valence-corrected chi connectivity index (χ1v) is 12.3. The molecule has 5 nitrogen and oxygen atoms in total. The number of hydrogen-bond acceptors (Lipinski definition) is 4. The van der Waals surface area contributed by atoms with Gasteiger partial charge in [-0.2, -0.15) is 0 Å². The minimum Gasteiger partial charge on any atom is -0.496 e. The molecule has 1 unspecified atom stereocenters. The Morgan fingerprint density at radius 3 is 2.37 bits per heavy atom. The number of ether oxygens (including phenoxy) is 1. The predicted octanol–water partition coefficient (Wildman–Crippen LogP) is 4.01. The molecule has 0 saturated heterocycles. The zero-order chi connectivity index (χ0) is 21.6. The molecule has 0 aliphatic heterocycles. The molecule has 6 heteroatoms. The summed E-state index contributed by atoms with van der Waals surface area (Å²) in [7, 11) is -1.80. The maximum absolute atomic E-state index is 13.2. The smallest absolute Gasteiger partial charge is 0.238 e. The van der Waals surface area contributed by atoms with Crippen LogP contribution in [-0.4, -0.2) is 43.4 Å². The predicted molar refractivity (Wildman–Crippen MR) is 119 cm³/mol. The molecule has 0 heterocycles. The topological polar surface area (TPSA) is 63.7 Å². The molecular formula is C24H31NO4S. The lowest BCUT2D eigenvalue weighted by atomic mass is 10.0. The third-order valence-electron chi connectivity index (χ3n) is 5.89. The average Bonchev–Trinajstić information content (AvgIpc) is 3.29. The highest BCUT2D eigenvalue weighted by atomic mass is 32.2. The van der Waals surface area contributed by atoms with Crippen LogP contribution in [0.3, 0.4) is 0 Å². The number of amides is 1. The lowest BCUT2D eigenvalue weighted by Gasteiger charge is -2.30. The third kappa shape index (κ3) is 5.63. The maximum Gasteiger partial charge on any atom is 0.238 e. The van der Waals surface area contributed by atoms with Gasteiger partial charge in [-0.25, -0.2) is 8.42 Å². The Morgan fingerprint density at radius 2 is 1.70 bits per heavy atom. The second-order valence-corrected chi connectivity index (χ2v) is 10.4. The number of para-hydroxylation sites is 1. The third-order valence-corrected chi connectivity index (χ3v) is 8.03. The second-order valence-electron chi connectivity index (χ2n) is 8.09. The minimum absolute atomic E-state index is 0.173. The quantitative estimate of drug-likeness (QED) is 0.604. The zero-order valence-corrected chi connectivity index (χ0v) is 18.6. The van der Waals surface area contributed by atoms with Crippen LogP contribution in [0.4, 0.5) is 0 Å². The van der Waals surface area contributed by atoms with Gasteiger partial charge in [-0.15, -0.1) is 0 Å². The molecule has 1 atom stereocenters. The van der Waals surface area contributed by atoms with E-state index in [-0.39, 0.29) is 17.2 Å². The van der Waals surface area contributed by atoms with Crippen LogP contribution in [0.2, 0.25) is 0 Å². The fourth-order valence-electron chi connectivity index (χ4n) is 4.19. The van der Waals surface area contributed by atoms with Crippen molar-refractivity contribution < 1.29 is 17.9 Å². The molecule has 0 aromatic heterocycles. The molecule has 3 rings (SSSR count). The van der Waals surface area contributed by atoms with Gasteiger partial charge in [0.2, 0.25) is 5.91 Å². The number of carbonyl (C=O) groups is 1. The summed E-state index contributed by atoms with van der Waals surface area (Å²) in [6, 6.07) is 17.3. The molecule has 0 N–H and O–H groups in total. The fourth-order valence-corrected chi connectivity index (χ4v) is 5.99. The second kappa shape index (κ2) is 10.1. The number of rotatable bonds is 9. The van der Waals surface area contributed by atoms with Crippen LogP contribution < -0.4 is 4.74 Å². The van der Waals surface area contributed by atoms with Gasteiger partial charge in [0.15, 0.2) is 9.84 Å². The van der Waals surface area contributed by atoms with E-state index in [0.717, 1.165) is 29.7 Å². The van der Waals surface area contributed by atoms with Crippen molar-refractivity contribution in [3.05, 3.63) is 65.7 Å². The van der Waals surface area contributed by atoms with Gasteiger partial charge in [0.05, 0.1) is 12.4 Å². The van der Waals surface area contributed by atoms with Crippen LogP contribution in [-0.2, 0) is 27.6 Å². The summed E-state index contributed by atoms with van der Waals surface area (Å²) < 4.78 is 31.1. The molecule has 1 aliphatic rings. The van der Waals surface area contributed by atoms with Gasteiger partial charge in [-0.1, -0.05) is 61.4 Å². The van der Waals surface area contributed by atoms with E-state index in [2.05, 4.69) is 0 Å². The average molecular weight is 430 g/mol. The van der Waals surface area contributed by atoms with Gasteiger partial charge in [0.25, 0.3) is 0 Å². The van der Waals surface area contributed by atoms with Crippen molar-refractivity contribution in [1.29, 1.82) is 0 Å². The summed E-state index contributed by atoms with van der Waals surface area (Å²) in [5, 5.41) is -0.371. The van der Waals surface area contributed by atoms with Crippen LogP contribution in [0.15, 0.2) is 54.6 Å². The maximum atomic E-state index is 13.2. The fraction of sp³-hybridized carbons (Fsp3) is 0.458. The first-order chi connectivity index (χ1) is 14.4. The summed E-state index contributed by atoms with van der Waals surface area (Å²) in [6.07, 6.45) is 3.79. The first-order valence-electron chi connectivity index (χ1n) is 10.6. The van der Waals surface area contributed by atoms with E-state index >= 15 is 0 Å². The van der Waals surface area contributed by atoms with Crippen LogP contribution >= 0.6 is 0 Å². The van der Waals surface area contributed by atoms with E-state index in [1.165, 1.54) is 0 Å². The molecule has 0 bridgehead atoms. The van der Waals surface area contributed by atoms with Gasteiger partial charge >= 0.3 is 0 Å². The summed E-state index contributed by atoms with van der Waals surface area (Å²) in [4.78, 5) is 14.9. The minimum atomic E-state index is -3.43. The van der Waals surface area contributed by atoms with Crippen molar-refractivity contribution in [2.75, 3.05) is 12.9 Å². The molecule has 1 fully saturated rings. The van der Waals surface area contributed by atoms with Crippen molar-refractivity contribution in [2.45, 2.75) is 56.9 Å². The van der Waals surface area contributed by atoms with Gasteiger partial charge in [0, 0.05) is 12.6 Å². The van der Waals surface area contributed by atoms with E-state index in [9.17, 15) is 13.2 Å². The van der Waals surface area contributed by atoms with Crippen LogP contribution in [0, 0.1) is 0 Å². The van der Waals surface area contributed by atoms with Crippen molar-refractivity contribution in [2.24, 2.45) is 0 Å². The van der Waals surface area contributed by atoms with Crippen molar-refractivity contribution in [3.8, 4) is 5.75 Å². The van der Waals surface area contributed by atoms with E-state index in [0.29, 0.717) is 25.8 Å². The van der Waals surface area contributed by atoms with Gasteiger partial charge in [-0.3, -0.25) is 4.79 Å². The molecule has 2 aromatic rings. The lowest BCUT2D eigenvalue weighted by Crippen LogP contribution is -2.43. The molecule has 0 radical (unpaired) electrons. The number of hydrogen-bond donors (Lipinski definition) is 0. The van der Waals surface area contributed by atoms with E-state index in [1.54, 1.807) is 12.0 Å². The van der Waals surface area contributed by atoms with Gasteiger partial charge in [-0.05, 0) is 43.4 Å². The van der Waals surface area contributed by atoms with Crippen LogP contribution in [0.1, 0.15) is 43.7 Å². The Hall–Kier alpha value is -2.34. The van der Waals surface area contributed by atoms with E-state index < -0.39 is 15.6 Å².